The average Bonchev–Trinajstić information content (AvgIpc) is 2.77. The predicted molar refractivity (Wildman–Crippen MR) is 96.3 cm³/mol. The van der Waals surface area contributed by atoms with E-state index in [0.29, 0.717) is 6.54 Å². The molecule has 0 aromatic heterocycles. The van der Waals surface area contributed by atoms with Crippen LogP contribution in [-0.2, 0) is 4.79 Å². The van der Waals surface area contributed by atoms with Crippen molar-refractivity contribution < 1.29 is 4.79 Å². The lowest BCUT2D eigenvalue weighted by Crippen LogP contribution is -2.52. The van der Waals surface area contributed by atoms with Crippen molar-refractivity contribution in [3.63, 3.8) is 0 Å². The van der Waals surface area contributed by atoms with Gasteiger partial charge in [0.1, 0.15) is 0 Å². The Morgan fingerprint density at radius 3 is 2.05 bits per heavy atom. The summed E-state index contributed by atoms with van der Waals surface area (Å²) in [4.78, 5) is 18.9. The van der Waals surface area contributed by atoms with Gasteiger partial charge in [-0.1, -0.05) is 0 Å². The Labute approximate surface area is 147 Å². The highest BCUT2D eigenvalue weighted by molar-refractivity contribution is 5.85. The Morgan fingerprint density at radius 2 is 1.55 bits per heavy atom. The number of piperazine rings is 1. The van der Waals surface area contributed by atoms with Crippen molar-refractivity contribution in [2.75, 3.05) is 52.9 Å². The van der Waals surface area contributed by atoms with Crippen LogP contribution in [0.3, 0.4) is 0 Å². The molecule has 2 fully saturated rings. The van der Waals surface area contributed by atoms with Crippen LogP contribution >= 0.6 is 24.8 Å². The molecule has 1 N–H and O–H groups in total. The minimum absolute atomic E-state index is 0. The van der Waals surface area contributed by atoms with E-state index in [1.54, 1.807) is 0 Å². The van der Waals surface area contributed by atoms with Gasteiger partial charge in [-0.25, -0.2) is 0 Å². The van der Waals surface area contributed by atoms with E-state index in [1.807, 2.05) is 11.9 Å². The van der Waals surface area contributed by atoms with Crippen LogP contribution in [0.25, 0.3) is 0 Å². The van der Waals surface area contributed by atoms with Crippen molar-refractivity contribution in [1.29, 1.82) is 0 Å². The summed E-state index contributed by atoms with van der Waals surface area (Å²) < 4.78 is 0. The molecule has 2 heterocycles. The fraction of sp³-hybridized carbons (Fsp3) is 0.933. The molecule has 0 saturated carbocycles. The van der Waals surface area contributed by atoms with Gasteiger partial charge >= 0.3 is 0 Å². The van der Waals surface area contributed by atoms with Crippen LogP contribution in [0.1, 0.15) is 26.7 Å². The maximum absolute atomic E-state index is 11.8. The molecule has 22 heavy (non-hydrogen) atoms. The lowest BCUT2D eigenvalue weighted by Gasteiger charge is -2.36. The maximum atomic E-state index is 11.8. The van der Waals surface area contributed by atoms with Crippen molar-refractivity contribution in [3.05, 3.63) is 0 Å². The molecule has 2 atom stereocenters. The highest BCUT2D eigenvalue weighted by Crippen LogP contribution is 2.22. The van der Waals surface area contributed by atoms with Crippen molar-refractivity contribution in [3.8, 4) is 0 Å². The van der Waals surface area contributed by atoms with Gasteiger partial charge in [0.2, 0.25) is 5.91 Å². The van der Waals surface area contributed by atoms with Crippen LogP contribution in [-0.4, -0.2) is 85.6 Å². The number of nitrogens with one attached hydrogen (secondary N) is 1. The first-order valence-corrected chi connectivity index (χ1v) is 8.02. The van der Waals surface area contributed by atoms with Gasteiger partial charge in [-0.3, -0.25) is 14.6 Å². The Kier molecular flexibility index (Phi) is 10.6. The Bertz CT molecular complexity index is 315. The molecule has 0 aromatic rings. The van der Waals surface area contributed by atoms with Gasteiger partial charge in [0, 0.05) is 51.4 Å². The van der Waals surface area contributed by atoms with Crippen LogP contribution in [0.15, 0.2) is 0 Å². The monoisotopic (exact) mass is 354 g/mol. The van der Waals surface area contributed by atoms with Gasteiger partial charge in [0.25, 0.3) is 0 Å². The van der Waals surface area contributed by atoms with E-state index in [1.165, 1.54) is 19.4 Å². The van der Waals surface area contributed by atoms with E-state index in [0.717, 1.165) is 44.8 Å². The summed E-state index contributed by atoms with van der Waals surface area (Å²) in [6, 6.07) is 1.48. The van der Waals surface area contributed by atoms with Gasteiger partial charge in [-0.05, 0) is 33.7 Å². The van der Waals surface area contributed by atoms with E-state index in [9.17, 15) is 4.79 Å². The zero-order chi connectivity index (χ0) is 14.5. The number of likely N-dealkylation sites (N-methyl/N-ethyl adjacent to an activating group) is 1. The number of amides is 1. The molecule has 0 radical (unpaired) electrons. The third kappa shape index (κ3) is 5.85. The number of rotatable bonds is 5. The second kappa shape index (κ2) is 10.7. The highest BCUT2D eigenvalue weighted by Gasteiger charge is 2.28. The molecule has 0 aliphatic carbocycles. The van der Waals surface area contributed by atoms with Crippen LogP contribution < -0.4 is 5.32 Å². The van der Waals surface area contributed by atoms with E-state index in [2.05, 4.69) is 29.0 Å². The number of carbonyl (C=O) groups is 1. The van der Waals surface area contributed by atoms with Crippen molar-refractivity contribution in [2.24, 2.45) is 0 Å². The molecule has 2 aliphatic heterocycles. The smallest absolute Gasteiger partial charge is 0.236 e. The minimum Gasteiger partial charge on any atom is -0.339 e. The fourth-order valence-corrected chi connectivity index (χ4v) is 3.43. The molecule has 2 aliphatic rings. The average molecular weight is 355 g/mol. The first-order chi connectivity index (χ1) is 9.61. The second-order valence-electron chi connectivity index (χ2n) is 6.27. The van der Waals surface area contributed by atoms with Gasteiger partial charge in [0.15, 0.2) is 0 Å². The first kappa shape index (κ1) is 21.9. The molecule has 0 spiro atoms. The van der Waals surface area contributed by atoms with Gasteiger partial charge in [-0.2, -0.15) is 0 Å². The van der Waals surface area contributed by atoms with Gasteiger partial charge in [0.05, 0.1) is 6.54 Å². The lowest BCUT2D eigenvalue weighted by atomic mass is 10.2. The van der Waals surface area contributed by atoms with E-state index in [4.69, 9.17) is 0 Å². The summed E-state index contributed by atoms with van der Waals surface area (Å²) in [6.45, 7) is 11.3. The third-order valence-electron chi connectivity index (χ3n) is 4.86. The Morgan fingerprint density at radius 1 is 1.00 bits per heavy atom. The largest absolute Gasteiger partial charge is 0.339 e. The normalized spacial score (nSPS) is 26.4. The molecular formula is C15H32Cl2N4O. The quantitative estimate of drug-likeness (QED) is 0.801. The zero-order valence-corrected chi connectivity index (χ0v) is 15.7. The van der Waals surface area contributed by atoms with E-state index >= 15 is 0 Å². The molecule has 2 saturated heterocycles. The molecule has 132 valence electrons. The summed E-state index contributed by atoms with van der Waals surface area (Å²) in [5.41, 5.74) is 0. The van der Waals surface area contributed by atoms with Crippen molar-refractivity contribution in [2.45, 2.75) is 38.8 Å². The summed E-state index contributed by atoms with van der Waals surface area (Å²) in [7, 11) is 1.83. The standard InChI is InChI=1S/C15H30N4O.2ClH/c1-13-4-5-14(2)19(13)11-8-17-6-9-18(10-7-17)15(20)12-16-3;;/h13-14,16H,4-12H2,1-3H3;2*1H. The summed E-state index contributed by atoms with van der Waals surface area (Å²) in [5.74, 6) is 0.230. The topological polar surface area (TPSA) is 38.8 Å². The fourth-order valence-electron chi connectivity index (χ4n) is 3.43. The summed E-state index contributed by atoms with van der Waals surface area (Å²) in [5, 5.41) is 2.94. The number of carbonyl (C=O) groups excluding carboxylic acids is 1. The highest BCUT2D eigenvalue weighted by atomic mass is 35.5. The van der Waals surface area contributed by atoms with Crippen LogP contribution in [0.2, 0.25) is 0 Å². The van der Waals surface area contributed by atoms with Gasteiger partial charge < -0.3 is 10.2 Å². The third-order valence-corrected chi connectivity index (χ3v) is 4.86. The SMILES string of the molecule is CNCC(=O)N1CCN(CCN2C(C)CCC2C)CC1.Cl.Cl. The number of likely N-dealkylation sites (tertiary alicyclic amines) is 1. The second-order valence-corrected chi connectivity index (χ2v) is 6.27. The number of nitrogens with zero attached hydrogens (tertiary/aromatic N) is 3. The van der Waals surface area contributed by atoms with Crippen LogP contribution in [0, 0.1) is 0 Å². The zero-order valence-electron chi connectivity index (χ0n) is 14.1. The molecular weight excluding hydrogens is 323 g/mol. The number of halogens is 2. The maximum Gasteiger partial charge on any atom is 0.236 e. The Hall–Kier alpha value is -0.0700. The Balaban J connectivity index is 0.00000220. The van der Waals surface area contributed by atoms with E-state index in [-0.39, 0.29) is 30.7 Å². The van der Waals surface area contributed by atoms with E-state index < -0.39 is 0 Å². The van der Waals surface area contributed by atoms with Crippen LogP contribution in [0.5, 0.6) is 0 Å². The number of hydrogen-bond acceptors (Lipinski definition) is 4. The predicted octanol–water partition coefficient (Wildman–Crippen LogP) is 1.07. The van der Waals surface area contributed by atoms with Crippen molar-refractivity contribution in [1.82, 2.24) is 20.0 Å². The van der Waals surface area contributed by atoms with Crippen molar-refractivity contribution >= 4 is 30.7 Å². The molecule has 2 unspecified atom stereocenters. The molecule has 0 bridgehead atoms. The molecule has 0 aromatic carbocycles. The molecule has 1 amide bonds. The van der Waals surface area contributed by atoms with Crippen LogP contribution in [0.4, 0.5) is 0 Å². The number of hydrogen-bond donors (Lipinski definition) is 1. The summed E-state index contributed by atoms with van der Waals surface area (Å²) >= 11 is 0. The molecule has 7 heteroatoms. The van der Waals surface area contributed by atoms with Gasteiger partial charge in [-0.15, -0.1) is 24.8 Å². The first-order valence-electron chi connectivity index (χ1n) is 8.02. The molecule has 5 nitrogen and oxygen atoms in total. The summed E-state index contributed by atoms with van der Waals surface area (Å²) in [6.07, 6.45) is 2.68. The minimum atomic E-state index is 0. The molecule has 2 rings (SSSR count). The lowest BCUT2D eigenvalue weighted by molar-refractivity contribution is -0.131.